The first-order valence-electron chi connectivity index (χ1n) is 7.82. The monoisotopic (exact) mass is 347 g/mol. The largest absolute Gasteiger partial charge is 0.507 e. The Balaban J connectivity index is 1.68. The minimum Gasteiger partial charge on any atom is -0.507 e. The molecule has 0 saturated heterocycles. The zero-order valence-corrected chi connectivity index (χ0v) is 13.4. The van der Waals surface area contributed by atoms with E-state index in [4.69, 9.17) is 9.52 Å². The summed E-state index contributed by atoms with van der Waals surface area (Å²) in [6.07, 6.45) is 1.65. The number of amides is 1. The number of hydrogen-bond acceptors (Lipinski definition) is 4. The Kier molecular flexibility index (Phi) is 3.58. The molecule has 2 aromatic carbocycles. The van der Waals surface area contributed by atoms with Crippen molar-refractivity contribution in [3.8, 4) is 17.1 Å². The second-order valence-corrected chi connectivity index (χ2v) is 5.80. The van der Waals surface area contributed by atoms with E-state index in [2.05, 4.69) is 5.32 Å². The van der Waals surface area contributed by atoms with Gasteiger partial charge in [0.15, 0.2) is 0 Å². The summed E-state index contributed by atoms with van der Waals surface area (Å²) in [5.41, 5.74) is 2.42. The molecule has 1 aliphatic rings. The first-order valence-corrected chi connectivity index (χ1v) is 7.82. The van der Waals surface area contributed by atoms with Gasteiger partial charge in [-0.3, -0.25) is 4.79 Å². The molecule has 1 amide bonds. The van der Waals surface area contributed by atoms with Gasteiger partial charge >= 0.3 is 5.97 Å². The highest BCUT2D eigenvalue weighted by atomic mass is 16.4. The molecule has 0 radical (unpaired) electrons. The molecule has 0 unspecified atom stereocenters. The predicted octanol–water partition coefficient (Wildman–Crippen LogP) is 3.84. The number of anilines is 1. The van der Waals surface area contributed by atoms with Gasteiger partial charge in [0.2, 0.25) is 0 Å². The Morgan fingerprint density at radius 1 is 1.08 bits per heavy atom. The normalized spacial score (nSPS) is 14.3. The van der Waals surface area contributed by atoms with Crippen LogP contribution in [0.3, 0.4) is 0 Å². The standard InChI is InChI=1S/C20H13NO5/c22-17-9-11(5-7-14(17)20(24)25)18-8-6-12(26-18)10-15-13-3-1-2-4-16(13)21-19(15)23/h1-10,22H,(H,21,23)(H,24,25). The number of carboxylic acid groups (broad SMARTS) is 1. The van der Waals surface area contributed by atoms with Crippen LogP contribution in [0.4, 0.5) is 5.69 Å². The van der Waals surface area contributed by atoms with Crippen LogP contribution < -0.4 is 5.32 Å². The molecular weight excluding hydrogens is 334 g/mol. The maximum Gasteiger partial charge on any atom is 0.339 e. The second kappa shape index (κ2) is 5.93. The van der Waals surface area contributed by atoms with Crippen LogP contribution in [-0.4, -0.2) is 22.1 Å². The average Bonchev–Trinajstić information content (AvgIpc) is 3.20. The molecule has 26 heavy (non-hydrogen) atoms. The van der Waals surface area contributed by atoms with E-state index in [1.165, 1.54) is 12.1 Å². The number of para-hydroxylation sites is 1. The molecule has 1 aromatic heterocycles. The van der Waals surface area contributed by atoms with Crippen molar-refractivity contribution in [2.24, 2.45) is 0 Å². The van der Waals surface area contributed by atoms with Crippen LogP contribution in [-0.2, 0) is 4.79 Å². The Labute approximate surface area is 148 Å². The minimum absolute atomic E-state index is 0.179. The number of phenols is 1. The third kappa shape index (κ3) is 2.63. The molecule has 6 heteroatoms. The number of aromatic carboxylic acids is 1. The van der Waals surface area contributed by atoms with Crippen molar-refractivity contribution in [3.05, 3.63) is 71.5 Å². The molecule has 4 rings (SSSR count). The van der Waals surface area contributed by atoms with Crippen LogP contribution in [0, 0.1) is 0 Å². The summed E-state index contributed by atoms with van der Waals surface area (Å²) < 4.78 is 5.74. The van der Waals surface area contributed by atoms with Gasteiger partial charge in [-0.15, -0.1) is 0 Å². The Morgan fingerprint density at radius 2 is 1.88 bits per heavy atom. The lowest BCUT2D eigenvalue weighted by Crippen LogP contribution is -2.03. The third-order valence-electron chi connectivity index (χ3n) is 4.14. The lowest BCUT2D eigenvalue weighted by atomic mass is 10.1. The highest BCUT2D eigenvalue weighted by Crippen LogP contribution is 2.34. The van der Waals surface area contributed by atoms with Crippen LogP contribution in [0.5, 0.6) is 5.75 Å². The molecular formula is C20H13NO5. The van der Waals surface area contributed by atoms with Gasteiger partial charge in [0, 0.05) is 16.8 Å². The third-order valence-corrected chi connectivity index (χ3v) is 4.14. The van der Waals surface area contributed by atoms with Crippen molar-refractivity contribution in [3.63, 3.8) is 0 Å². The summed E-state index contributed by atoms with van der Waals surface area (Å²) in [5, 5.41) is 21.6. The molecule has 0 spiro atoms. The number of aromatic hydroxyl groups is 1. The van der Waals surface area contributed by atoms with Crippen LogP contribution in [0.15, 0.2) is 59.0 Å². The van der Waals surface area contributed by atoms with Crippen molar-refractivity contribution >= 4 is 29.2 Å². The summed E-state index contributed by atoms with van der Waals surface area (Å²) in [4.78, 5) is 23.1. The van der Waals surface area contributed by atoms with Crippen LogP contribution in [0.25, 0.3) is 23.0 Å². The van der Waals surface area contributed by atoms with Gasteiger partial charge < -0.3 is 19.9 Å². The fourth-order valence-corrected chi connectivity index (χ4v) is 2.88. The van der Waals surface area contributed by atoms with E-state index in [1.54, 1.807) is 24.3 Å². The summed E-state index contributed by atoms with van der Waals surface area (Å²) >= 11 is 0. The second-order valence-electron chi connectivity index (χ2n) is 5.80. The molecule has 2 heterocycles. The molecule has 3 N–H and O–H groups in total. The van der Waals surface area contributed by atoms with E-state index in [1.807, 2.05) is 24.3 Å². The van der Waals surface area contributed by atoms with Gasteiger partial charge in [0.25, 0.3) is 5.91 Å². The molecule has 0 saturated carbocycles. The maximum absolute atomic E-state index is 12.1. The summed E-state index contributed by atoms with van der Waals surface area (Å²) in [6.45, 7) is 0. The quantitative estimate of drug-likeness (QED) is 0.625. The fraction of sp³-hybridized carbons (Fsp3) is 0. The zero-order valence-electron chi connectivity index (χ0n) is 13.4. The number of furan rings is 1. The Morgan fingerprint density at radius 3 is 2.65 bits per heavy atom. The lowest BCUT2D eigenvalue weighted by molar-refractivity contribution is -0.110. The number of benzene rings is 2. The summed E-state index contributed by atoms with van der Waals surface area (Å²) in [6, 6.07) is 15.0. The number of hydrogen-bond donors (Lipinski definition) is 3. The number of fused-ring (bicyclic) bond motifs is 1. The predicted molar refractivity (Wildman–Crippen MR) is 95.7 cm³/mol. The van der Waals surface area contributed by atoms with Gasteiger partial charge in [-0.1, -0.05) is 24.3 Å². The Hall–Kier alpha value is -3.80. The molecule has 3 aromatic rings. The minimum atomic E-state index is -1.20. The van der Waals surface area contributed by atoms with Gasteiger partial charge in [-0.2, -0.15) is 0 Å². The summed E-state index contributed by atoms with van der Waals surface area (Å²) in [7, 11) is 0. The molecule has 0 fully saturated rings. The molecule has 1 aliphatic heterocycles. The van der Waals surface area contributed by atoms with Gasteiger partial charge in [-0.05, 0) is 36.4 Å². The molecule has 6 nitrogen and oxygen atoms in total. The number of carboxylic acids is 1. The SMILES string of the molecule is O=C1Nc2ccccc2C1=Cc1ccc(-c2ccc(C(=O)O)c(O)c2)o1. The van der Waals surface area contributed by atoms with E-state index in [0.717, 1.165) is 11.3 Å². The summed E-state index contributed by atoms with van der Waals surface area (Å²) in [5.74, 6) is -0.813. The Bertz CT molecular complexity index is 1080. The molecule has 0 bridgehead atoms. The molecule has 0 aliphatic carbocycles. The zero-order chi connectivity index (χ0) is 18.3. The highest BCUT2D eigenvalue weighted by Gasteiger charge is 2.23. The average molecular weight is 347 g/mol. The highest BCUT2D eigenvalue weighted by molar-refractivity contribution is 6.34. The maximum atomic E-state index is 12.1. The van der Waals surface area contributed by atoms with E-state index in [0.29, 0.717) is 22.7 Å². The first kappa shape index (κ1) is 15.7. The van der Waals surface area contributed by atoms with Crippen LogP contribution in [0.1, 0.15) is 21.7 Å². The van der Waals surface area contributed by atoms with Gasteiger partial charge in [0.05, 0.1) is 5.57 Å². The van der Waals surface area contributed by atoms with Crippen LogP contribution >= 0.6 is 0 Å². The first-order chi connectivity index (χ1) is 12.5. The van der Waals surface area contributed by atoms with Gasteiger partial charge in [-0.25, -0.2) is 4.79 Å². The number of carbonyl (C=O) groups excluding carboxylic acids is 1. The van der Waals surface area contributed by atoms with Gasteiger partial charge in [0.1, 0.15) is 22.8 Å². The van der Waals surface area contributed by atoms with E-state index >= 15 is 0 Å². The van der Waals surface area contributed by atoms with E-state index in [9.17, 15) is 14.7 Å². The number of rotatable bonds is 3. The van der Waals surface area contributed by atoms with Crippen molar-refractivity contribution in [2.75, 3.05) is 5.32 Å². The molecule has 128 valence electrons. The molecule has 0 atom stereocenters. The van der Waals surface area contributed by atoms with Crippen molar-refractivity contribution in [2.45, 2.75) is 0 Å². The van der Waals surface area contributed by atoms with Crippen molar-refractivity contribution in [1.82, 2.24) is 0 Å². The van der Waals surface area contributed by atoms with Crippen molar-refractivity contribution < 1.29 is 24.2 Å². The number of nitrogens with one attached hydrogen (secondary N) is 1. The van der Waals surface area contributed by atoms with Crippen LogP contribution in [0.2, 0.25) is 0 Å². The number of carbonyl (C=O) groups is 2. The van der Waals surface area contributed by atoms with Crippen molar-refractivity contribution in [1.29, 1.82) is 0 Å². The lowest BCUT2D eigenvalue weighted by Gasteiger charge is -2.02. The van der Waals surface area contributed by atoms with E-state index in [-0.39, 0.29) is 17.2 Å². The topological polar surface area (TPSA) is 99.8 Å². The smallest absolute Gasteiger partial charge is 0.339 e. The van der Waals surface area contributed by atoms with E-state index < -0.39 is 5.97 Å². The fourth-order valence-electron chi connectivity index (χ4n) is 2.88.